The summed E-state index contributed by atoms with van der Waals surface area (Å²) in [6.45, 7) is 0.619. The zero-order valence-corrected chi connectivity index (χ0v) is 9.52. The third-order valence-electron chi connectivity index (χ3n) is 3.25. The molecule has 1 aliphatic rings. The Bertz CT molecular complexity index is 334. The monoisotopic (exact) mass is 220 g/mol. The number of aliphatic hydroxyl groups excluding tert-OH is 1. The van der Waals surface area contributed by atoms with Crippen molar-refractivity contribution in [3.8, 4) is 0 Å². The third kappa shape index (κ3) is 2.97. The molecule has 0 amide bonds. The third-order valence-corrected chi connectivity index (χ3v) is 3.25. The Morgan fingerprint density at radius 3 is 2.81 bits per heavy atom. The van der Waals surface area contributed by atoms with Crippen LogP contribution in [0.3, 0.4) is 0 Å². The van der Waals surface area contributed by atoms with E-state index in [1.54, 1.807) is 0 Å². The van der Waals surface area contributed by atoms with Gasteiger partial charge in [0.1, 0.15) is 0 Å². The van der Waals surface area contributed by atoms with E-state index in [2.05, 4.69) is 5.32 Å². The molecule has 3 heteroatoms. The molecular formula is C13H20N2O. The molecule has 4 N–H and O–H groups in total. The van der Waals surface area contributed by atoms with E-state index >= 15 is 0 Å². The Kier molecular flexibility index (Phi) is 3.80. The second kappa shape index (κ2) is 5.32. The molecule has 2 rings (SSSR count). The molecule has 0 aromatic heterocycles. The fraction of sp³-hybridized carbons (Fsp3) is 0.538. The summed E-state index contributed by atoms with van der Waals surface area (Å²) in [6, 6.07) is 8.05. The van der Waals surface area contributed by atoms with Crippen LogP contribution >= 0.6 is 0 Å². The van der Waals surface area contributed by atoms with Gasteiger partial charge in [0.15, 0.2) is 0 Å². The molecule has 1 unspecified atom stereocenters. The number of nitrogens with one attached hydrogen (secondary N) is 1. The topological polar surface area (TPSA) is 58.3 Å². The van der Waals surface area contributed by atoms with Crippen LogP contribution in [0.4, 0.5) is 5.69 Å². The molecule has 0 aliphatic heterocycles. The van der Waals surface area contributed by atoms with Gasteiger partial charge in [-0.3, -0.25) is 0 Å². The van der Waals surface area contributed by atoms with Gasteiger partial charge in [-0.25, -0.2) is 0 Å². The zero-order chi connectivity index (χ0) is 11.4. The number of nitrogen functional groups attached to an aromatic ring is 1. The molecule has 0 bridgehead atoms. The second-order valence-corrected chi connectivity index (χ2v) is 4.58. The van der Waals surface area contributed by atoms with Crippen molar-refractivity contribution in [1.29, 1.82) is 0 Å². The van der Waals surface area contributed by atoms with Gasteiger partial charge in [0.05, 0.1) is 6.10 Å². The molecule has 16 heavy (non-hydrogen) atoms. The van der Waals surface area contributed by atoms with Crippen LogP contribution in [0.1, 0.15) is 37.4 Å². The van der Waals surface area contributed by atoms with Gasteiger partial charge in [-0.05, 0) is 30.5 Å². The highest BCUT2D eigenvalue weighted by atomic mass is 16.3. The number of anilines is 1. The normalized spacial score (nSPS) is 18.8. The molecule has 0 heterocycles. The molecule has 0 saturated heterocycles. The average molecular weight is 220 g/mol. The van der Waals surface area contributed by atoms with E-state index in [0.717, 1.165) is 5.56 Å². The summed E-state index contributed by atoms with van der Waals surface area (Å²) in [5, 5.41) is 13.4. The van der Waals surface area contributed by atoms with Crippen LogP contribution in [0.5, 0.6) is 0 Å². The van der Waals surface area contributed by atoms with Crippen molar-refractivity contribution in [3.05, 3.63) is 29.8 Å². The fourth-order valence-corrected chi connectivity index (χ4v) is 2.29. The van der Waals surface area contributed by atoms with Crippen LogP contribution in [0.15, 0.2) is 24.3 Å². The van der Waals surface area contributed by atoms with Crippen LogP contribution in [-0.2, 0) is 0 Å². The highest BCUT2D eigenvalue weighted by Gasteiger charge is 2.16. The standard InChI is InChI=1S/C13H20N2O/c14-11-5-3-4-10(8-11)13(16)9-15-12-6-1-2-7-12/h3-5,8,12-13,15-16H,1-2,6-7,9,14H2. The van der Waals surface area contributed by atoms with Crippen molar-refractivity contribution in [2.45, 2.75) is 37.8 Å². The average Bonchev–Trinajstić information content (AvgIpc) is 2.78. The molecule has 1 atom stereocenters. The largest absolute Gasteiger partial charge is 0.399 e. The first-order chi connectivity index (χ1) is 7.75. The van der Waals surface area contributed by atoms with E-state index in [4.69, 9.17) is 5.73 Å². The van der Waals surface area contributed by atoms with Gasteiger partial charge in [0, 0.05) is 18.3 Å². The first-order valence-electron chi connectivity index (χ1n) is 6.02. The van der Waals surface area contributed by atoms with E-state index < -0.39 is 6.10 Å². The minimum absolute atomic E-state index is 0.455. The van der Waals surface area contributed by atoms with Gasteiger partial charge in [0.2, 0.25) is 0 Å². The maximum absolute atomic E-state index is 9.99. The number of nitrogens with two attached hydrogens (primary N) is 1. The molecule has 0 radical (unpaired) electrons. The summed E-state index contributed by atoms with van der Waals surface area (Å²) in [5.74, 6) is 0. The molecule has 88 valence electrons. The summed E-state index contributed by atoms with van der Waals surface area (Å²) in [7, 11) is 0. The zero-order valence-electron chi connectivity index (χ0n) is 9.52. The number of hydrogen-bond donors (Lipinski definition) is 3. The van der Waals surface area contributed by atoms with Crippen LogP contribution in [0, 0.1) is 0 Å². The summed E-state index contributed by atoms with van der Waals surface area (Å²) in [6.07, 6.45) is 4.65. The van der Waals surface area contributed by atoms with Gasteiger partial charge >= 0.3 is 0 Å². The summed E-state index contributed by atoms with van der Waals surface area (Å²) in [5.41, 5.74) is 7.28. The molecular weight excluding hydrogens is 200 g/mol. The van der Waals surface area contributed by atoms with E-state index in [1.807, 2.05) is 24.3 Å². The van der Waals surface area contributed by atoms with Gasteiger partial charge < -0.3 is 16.2 Å². The second-order valence-electron chi connectivity index (χ2n) is 4.58. The van der Waals surface area contributed by atoms with E-state index in [1.165, 1.54) is 25.7 Å². The lowest BCUT2D eigenvalue weighted by Gasteiger charge is -2.16. The van der Waals surface area contributed by atoms with Crippen molar-refractivity contribution >= 4 is 5.69 Å². The quantitative estimate of drug-likeness (QED) is 0.678. The van der Waals surface area contributed by atoms with E-state index in [-0.39, 0.29) is 0 Å². The van der Waals surface area contributed by atoms with Crippen molar-refractivity contribution in [2.75, 3.05) is 12.3 Å². The molecule has 1 aromatic rings. The van der Waals surface area contributed by atoms with Crippen molar-refractivity contribution in [2.24, 2.45) is 0 Å². The molecule has 1 aromatic carbocycles. The molecule has 3 nitrogen and oxygen atoms in total. The maximum Gasteiger partial charge on any atom is 0.0915 e. The Hall–Kier alpha value is -1.06. The number of hydrogen-bond acceptors (Lipinski definition) is 3. The van der Waals surface area contributed by atoms with Crippen LogP contribution in [-0.4, -0.2) is 17.7 Å². The van der Waals surface area contributed by atoms with E-state index in [9.17, 15) is 5.11 Å². The lowest BCUT2D eigenvalue weighted by molar-refractivity contribution is 0.170. The Balaban J connectivity index is 1.85. The van der Waals surface area contributed by atoms with Gasteiger partial charge in [0.25, 0.3) is 0 Å². The molecule has 0 spiro atoms. The molecule has 1 aliphatic carbocycles. The molecule has 1 saturated carbocycles. The lowest BCUT2D eigenvalue weighted by Crippen LogP contribution is -2.30. The number of aliphatic hydroxyl groups is 1. The Morgan fingerprint density at radius 1 is 1.38 bits per heavy atom. The maximum atomic E-state index is 9.99. The predicted octanol–water partition coefficient (Wildman–Crippen LogP) is 1.83. The van der Waals surface area contributed by atoms with Crippen molar-refractivity contribution < 1.29 is 5.11 Å². The number of rotatable bonds is 4. The SMILES string of the molecule is Nc1cccc(C(O)CNC2CCCC2)c1. The Morgan fingerprint density at radius 2 is 2.12 bits per heavy atom. The van der Waals surface area contributed by atoms with Crippen LogP contribution in [0.2, 0.25) is 0 Å². The predicted molar refractivity (Wildman–Crippen MR) is 66.1 cm³/mol. The highest BCUT2D eigenvalue weighted by Crippen LogP contribution is 2.19. The first kappa shape index (κ1) is 11.4. The van der Waals surface area contributed by atoms with Gasteiger partial charge in [-0.15, -0.1) is 0 Å². The number of benzene rings is 1. The highest BCUT2D eigenvalue weighted by molar-refractivity contribution is 5.41. The summed E-state index contributed by atoms with van der Waals surface area (Å²) in [4.78, 5) is 0. The fourth-order valence-electron chi connectivity index (χ4n) is 2.29. The van der Waals surface area contributed by atoms with Crippen molar-refractivity contribution in [3.63, 3.8) is 0 Å². The minimum atomic E-state index is -0.455. The first-order valence-corrected chi connectivity index (χ1v) is 6.02. The Labute approximate surface area is 96.7 Å². The minimum Gasteiger partial charge on any atom is -0.399 e. The molecule has 1 fully saturated rings. The van der Waals surface area contributed by atoms with E-state index in [0.29, 0.717) is 18.3 Å². The van der Waals surface area contributed by atoms with Crippen molar-refractivity contribution in [1.82, 2.24) is 5.32 Å². The van der Waals surface area contributed by atoms with Crippen LogP contribution in [0.25, 0.3) is 0 Å². The summed E-state index contributed by atoms with van der Waals surface area (Å²) < 4.78 is 0. The summed E-state index contributed by atoms with van der Waals surface area (Å²) >= 11 is 0. The lowest BCUT2D eigenvalue weighted by atomic mass is 10.1. The van der Waals surface area contributed by atoms with Crippen LogP contribution < -0.4 is 11.1 Å². The smallest absolute Gasteiger partial charge is 0.0915 e. The van der Waals surface area contributed by atoms with Gasteiger partial charge in [-0.1, -0.05) is 25.0 Å². The van der Waals surface area contributed by atoms with Gasteiger partial charge in [-0.2, -0.15) is 0 Å².